The van der Waals surface area contributed by atoms with Gasteiger partial charge in [0.25, 0.3) is 6.02 Å². The van der Waals surface area contributed by atoms with E-state index in [0.29, 0.717) is 13.1 Å². The van der Waals surface area contributed by atoms with E-state index in [4.69, 9.17) is 5.41 Å². The van der Waals surface area contributed by atoms with Crippen LogP contribution in [0.4, 0.5) is 13.2 Å². The zero-order valence-corrected chi connectivity index (χ0v) is 6.32. The summed E-state index contributed by atoms with van der Waals surface area (Å²) in [6, 6.07) is -0.792. The van der Waals surface area contributed by atoms with Gasteiger partial charge in [-0.05, 0) is 12.8 Å². The summed E-state index contributed by atoms with van der Waals surface area (Å²) in [6.07, 6.45) is -3.09. The van der Waals surface area contributed by atoms with Gasteiger partial charge in [0.05, 0.1) is 0 Å². The van der Waals surface area contributed by atoms with E-state index in [1.165, 1.54) is 4.90 Å². The molecule has 1 aliphatic rings. The molecule has 0 atom stereocenters. The summed E-state index contributed by atoms with van der Waals surface area (Å²) in [5, 5.41) is 6.93. The van der Waals surface area contributed by atoms with Gasteiger partial charge in [-0.2, -0.15) is 0 Å². The van der Waals surface area contributed by atoms with E-state index in [9.17, 15) is 13.2 Å². The van der Waals surface area contributed by atoms with Crippen LogP contribution in [-0.4, -0.2) is 30.4 Å². The summed E-state index contributed by atoms with van der Waals surface area (Å²) < 4.78 is 38.1. The van der Waals surface area contributed by atoms with E-state index in [2.05, 4.69) is 4.74 Å². The molecule has 12 heavy (non-hydrogen) atoms. The highest BCUT2D eigenvalue weighted by molar-refractivity contribution is 5.70. The molecular formula is C6H9F3N2O. The molecule has 6 heteroatoms. The van der Waals surface area contributed by atoms with Crippen molar-refractivity contribution in [3.63, 3.8) is 0 Å². The lowest BCUT2D eigenvalue weighted by Gasteiger charge is -2.18. The Hall–Kier alpha value is -0.940. The van der Waals surface area contributed by atoms with E-state index >= 15 is 0 Å². The largest absolute Gasteiger partial charge is 0.575 e. The van der Waals surface area contributed by atoms with Crippen molar-refractivity contribution < 1.29 is 17.9 Å². The van der Waals surface area contributed by atoms with Gasteiger partial charge in [-0.1, -0.05) is 0 Å². The quantitative estimate of drug-likeness (QED) is 0.455. The van der Waals surface area contributed by atoms with Crippen molar-refractivity contribution in [2.45, 2.75) is 19.2 Å². The summed E-state index contributed by atoms with van der Waals surface area (Å²) in [6.45, 7) is 0.962. The highest BCUT2D eigenvalue weighted by atomic mass is 19.4. The lowest BCUT2D eigenvalue weighted by atomic mass is 10.4. The third-order valence-electron chi connectivity index (χ3n) is 1.61. The second kappa shape index (κ2) is 3.20. The minimum absolute atomic E-state index is 0.481. The molecule has 1 heterocycles. The van der Waals surface area contributed by atoms with E-state index in [0.717, 1.165) is 12.8 Å². The van der Waals surface area contributed by atoms with Crippen LogP contribution in [0, 0.1) is 5.41 Å². The lowest BCUT2D eigenvalue weighted by molar-refractivity contribution is -0.287. The number of amidine groups is 1. The number of ether oxygens (including phenoxy) is 1. The minimum atomic E-state index is -4.74. The van der Waals surface area contributed by atoms with Crippen molar-refractivity contribution in [1.82, 2.24) is 4.90 Å². The Morgan fingerprint density at radius 2 is 1.75 bits per heavy atom. The molecule has 0 bridgehead atoms. The summed E-state index contributed by atoms with van der Waals surface area (Å²) in [4.78, 5) is 1.27. The van der Waals surface area contributed by atoms with Gasteiger partial charge >= 0.3 is 6.36 Å². The predicted molar refractivity (Wildman–Crippen MR) is 35.7 cm³/mol. The van der Waals surface area contributed by atoms with E-state index in [1.807, 2.05) is 0 Å². The zero-order chi connectivity index (χ0) is 9.19. The molecule has 1 saturated heterocycles. The maximum Gasteiger partial charge on any atom is 0.575 e. The number of halogens is 3. The average Bonchev–Trinajstić information content (AvgIpc) is 2.32. The van der Waals surface area contributed by atoms with Gasteiger partial charge in [-0.15, -0.1) is 13.2 Å². The van der Waals surface area contributed by atoms with Crippen LogP contribution in [-0.2, 0) is 4.74 Å². The maximum atomic E-state index is 11.6. The number of rotatable bonds is 0. The first-order chi connectivity index (χ1) is 5.49. The number of alkyl halides is 3. The van der Waals surface area contributed by atoms with Crippen molar-refractivity contribution in [3.8, 4) is 0 Å². The van der Waals surface area contributed by atoms with Gasteiger partial charge in [0.1, 0.15) is 0 Å². The molecule has 1 fully saturated rings. The van der Waals surface area contributed by atoms with Crippen molar-refractivity contribution >= 4 is 6.02 Å². The molecule has 0 aromatic carbocycles. The normalized spacial score (nSPS) is 18.1. The second-order valence-electron chi connectivity index (χ2n) is 2.55. The highest BCUT2D eigenvalue weighted by Crippen LogP contribution is 2.19. The van der Waals surface area contributed by atoms with Gasteiger partial charge in [0.15, 0.2) is 0 Å². The van der Waals surface area contributed by atoms with Gasteiger partial charge < -0.3 is 9.64 Å². The predicted octanol–water partition coefficient (Wildman–Crippen LogP) is 1.55. The Labute approximate surface area is 67.6 Å². The smallest absolute Gasteiger partial charge is 0.373 e. The second-order valence-corrected chi connectivity index (χ2v) is 2.55. The monoisotopic (exact) mass is 182 g/mol. The third kappa shape index (κ3) is 2.60. The summed E-state index contributed by atoms with van der Waals surface area (Å²) >= 11 is 0. The summed E-state index contributed by atoms with van der Waals surface area (Å²) in [5.41, 5.74) is 0. The van der Waals surface area contributed by atoms with Crippen molar-refractivity contribution in [2.24, 2.45) is 0 Å². The summed E-state index contributed by atoms with van der Waals surface area (Å²) in [7, 11) is 0. The van der Waals surface area contributed by atoms with Crippen LogP contribution in [0.2, 0.25) is 0 Å². The zero-order valence-electron chi connectivity index (χ0n) is 6.32. The molecule has 0 saturated carbocycles. The number of hydrogen-bond donors (Lipinski definition) is 1. The number of hydrogen-bond acceptors (Lipinski definition) is 2. The van der Waals surface area contributed by atoms with Gasteiger partial charge in [0, 0.05) is 13.1 Å². The average molecular weight is 182 g/mol. The maximum absolute atomic E-state index is 11.6. The van der Waals surface area contributed by atoms with Crippen LogP contribution < -0.4 is 0 Å². The standard InChI is InChI=1S/C6H9F3N2O/c7-6(8,9)12-5(10)11-3-1-2-4-11/h10H,1-4H2. The third-order valence-corrected chi connectivity index (χ3v) is 1.61. The van der Waals surface area contributed by atoms with Crippen LogP contribution in [0.3, 0.4) is 0 Å². The molecule has 0 spiro atoms. The van der Waals surface area contributed by atoms with Crippen LogP contribution in [0.15, 0.2) is 0 Å². The SMILES string of the molecule is N=C(OC(F)(F)F)N1CCCC1. The van der Waals surface area contributed by atoms with E-state index < -0.39 is 12.4 Å². The van der Waals surface area contributed by atoms with Gasteiger partial charge in [-0.25, -0.2) is 0 Å². The van der Waals surface area contributed by atoms with E-state index in [1.54, 1.807) is 0 Å². The fourth-order valence-corrected chi connectivity index (χ4v) is 1.09. The Balaban J connectivity index is 2.37. The van der Waals surface area contributed by atoms with Crippen LogP contribution in [0.25, 0.3) is 0 Å². The topological polar surface area (TPSA) is 36.3 Å². The molecular weight excluding hydrogens is 173 g/mol. The first kappa shape index (κ1) is 9.15. The summed E-state index contributed by atoms with van der Waals surface area (Å²) in [5.74, 6) is 0. The Morgan fingerprint density at radius 1 is 1.25 bits per heavy atom. The number of nitrogens with zero attached hydrogens (tertiary/aromatic N) is 1. The highest BCUT2D eigenvalue weighted by Gasteiger charge is 2.34. The fraction of sp³-hybridized carbons (Fsp3) is 0.833. The lowest BCUT2D eigenvalue weighted by Crippen LogP contribution is -2.33. The molecule has 0 amide bonds. The first-order valence-corrected chi connectivity index (χ1v) is 3.58. The molecule has 0 aliphatic carbocycles. The van der Waals surface area contributed by atoms with Crippen molar-refractivity contribution in [2.75, 3.05) is 13.1 Å². The fourth-order valence-electron chi connectivity index (χ4n) is 1.09. The molecule has 3 nitrogen and oxygen atoms in total. The minimum Gasteiger partial charge on any atom is -0.373 e. The Kier molecular flexibility index (Phi) is 2.44. The molecule has 0 aromatic heterocycles. The van der Waals surface area contributed by atoms with Gasteiger partial charge in [-0.3, -0.25) is 5.41 Å². The molecule has 1 rings (SSSR count). The number of nitrogens with one attached hydrogen (secondary N) is 1. The molecule has 0 radical (unpaired) electrons. The van der Waals surface area contributed by atoms with Crippen LogP contribution in [0.1, 0.15) is 12.8 Å². The van der Waals surface area contributed by atoms with E-state index in [-0.39, 0.29) is 0 Å². The molecule has 0 unspecified atom stereocenters. The van der Waals surface area contributed by atoms with Crippen LogP contribution >= 0.6 is 0 Å². The molecule has 1 N–H and O–H groups in total. The molecule has 70 valence electrons. The first-order valence-electron chi connectivity index (χ1n) is 3.58. The molecule has 0 aromatic rings. The Morgan fingerprint density at radius 3 is 2.17 bits per heavy atom. The Bertz CT molecular complexity index is 174. The molecule has 1 aliphatic heterocycles. The van der Waals surface area contributed by atoms with Crippen LogP contribution in [0.5, 0.6) is 0 Å². The van der Waals surface area contributed by atoms with Crippen molar-refractivity contribution in [1.29, 1.82) is 5.41 Å². The van der Waals surface area contributed by atoms with Crippen molar-refractivity contribution in [3.05, 3.63) is 0 Å². The van der Waals surface area contributed by atoms with Gasteiger partial charge in [0.2, 0.25) is 0 Å². The number of likely N-dealkylation sites (tertiary alicyclic amines) is 1.